The Bertz CT molecular complexity index is 709. The lowest BCUT2D eigenvalue weighted by atomic mass is 10.2. The Labute approximate surface area is 128 Å². The zero-order valence-corrected chi connectivity index (χ0v) is 12.2. The Morgan fingerprint density at radius 2 is 1.90 bits per heavy atom. The molecule has 0 fully saturated rings. The third-order valence-electron chi connectivity index (χ3n) is 3.12. The van der Waals surface area contributed by atoms with E-state index in [9.17, 15) is 0 Å². The van der Waals surface area contributed by atoms with Crippen LogP contribution in [0.2, 0.25) is 5.02 Å². The first-order chi connectivity index (χ1) is 10.3. The summed E-state index contributed by atoms with van der Waals surface area (Å²) in [5.41, 5.74) is 3.16. The lowest BCUT2D eigenvalue weighted by Crippen LogP contribution is -2.01. The minimum atomic E-state index is 0.667. The first-order valence-corrected chi connectivity index (χ1v) is 7.08. The minimum Gasteiger partial charge on any atom is -0.378 e. The molecule has 0 unspecified atom stereocenters. The number of aromatic nitrogens is 3. The molecule has 4 nitrogen and oxygen atoms in total. The van der Waals surface area contributed by atoms with Crippen LogP contribution in [0, 0.1) is 0 Å². The maximum atomic E-state index is 6.08. The summed E-state index contributed by atoms with van der Waals surface area (Å²) in [4.78, 5) is 4.05. The number of anilines is 1. The molecule has 0 saturated heterocycles. The molecule has 0 saturated carbocycles. The molecule has 1 aromatic carbocycles. The van der Waals surface area contributed by atoms with Crippen molar-refractivity contribution in [2.24, 2.45) is 0 Å². The van der Waals surface area contributed by atoms with Crippen LogP contribution in [0.4, 0.5) is 5.69 Å². The van der Waals surface area contributed by atoms with E-state index in [4.69, 9.17) is 11.6 Å². The number of nitrogens with one attached hydrogen (secondary N) is 1. The maximum absolute atomic E-state index is 6.08. The molecule has 0 aliphatic heterocycles. The second-order valence-electron chi connectivity index (χ2n) is 4.74. The van der Waals surface area contributed by atoms with Gasteiger partial charge in [-0.15, -0.1) is 0 Å². The molecule has 0 aliphatic rings. The Kier molecular flexibility index (Phi) is 4.17. The normalized spacial score (nSPS) is 10.5. The fraction of sp³-hybridized carbons (Fsp3) is 0.125. The van der Waals surface area contributed by atoms with Crippen LogP contribution in [0.15, 0.2) is 61.2 Å². The van der Waals surface area contributed by atoms with Gasteiger partial charge in [-0.05, 0) is 11.6 Å². The third kappa shape index (κ3) is 3.61. The van der Waals surface area contributed by atoms with Gasteiger partial charge in [-0.3, -0.25) is 9.67 Å². The molecule has 2 heterocycles. The Morgan fingerprint density at radius 3 is 2.71 bits per heavy atom. The van der Waals surface area contributed by atoms with Crippen LogP contribution >= 0.6 is 11.6 Å². The molecule has 0 atom stereocenters. The van der Waals surface area contributed by atoms with Gasteiger partial charge in [0.05, 0.1) is 29.6 Å². The zero-order valence-electron chi connectivity index (χ0n) is 11.4. The van der Waals surface area contributed by atoms with Crippen molar-refractivity contribution in [2.75, 3.05) is 5.32 Å². The molecule has 3 aromatic rings. The highest BCUT2D eigenvalue weighted by atomic mass is 35.5. The highest BCUT2D eigenvalue weighted by molar-refractivity contribution is 6.33. The molecular formula is C16H15ClN4. The summed E-state index contributed by atoms with van der Waals surface area (Å²) in [6.07, 6.45) is 7.28. The second kappa shape index (κ2) is 6.41. The summed E-state index contributed by atoms with van der Waals surface area (Å²) in [5, 5.41) is 8.30. The quantitative estimate of drug-likeness (QED) is 0.783. The van der Waals surface area contributed by atoms with E-state index in [1.54, 1.807) is 18.5 Å². The van der Waals surface area contributed by atoms with Crippen molar-refractivity contribution in [3.63, 3.8) is 0 Å². The predicted octanol–water partition coefficient (Wildman–Crippen LogP) is 3.59. The van der Waals surface area contributed by atoms with Gasteiger partial charge in [0.1, 0.15) is 0 Å². The number of hydrogen-bond acceptors (Lipinski definition) is 3. The molecular weight excluding hydrogens is 284 g/mol. The summed E-state index contributed by atoms with van der Waals surface area (Å²) < 4.78 is 1.93. The van der Waals surface area contributed by atoms with E-state index in [2.05, 4.69) is 27.5 Å². The lowest BCUT2D eigenvalue weighted by molar-refractivity contribution is 0.686. The standard InChI is InChI=1S/C16H15ClN4/c17-15-6-7-18-10-16(15)19-8-14-9-20-21(12-14)11-13-4-2-1-3-5-13/h1-7,9-10,12,19H,8,11H2. The lowest BCUT2D eigenvalue weighted by Gasteiger charge is -2.05. The van der Waals surface area contributed by atoms with E-state index in [-0.39, 0.29) is 0 Å². The van der Waals surface area contributed by atoms with Crippen LogP contribution in [0.3, 0.4) is 0 Å². The van der Waals surface area contributed by atoms with Gasteiger partial charge in [0.25, 0.3) is 0 Å². The van der Waals surface area contributed by atoms with Gasteiger partial charge in [0.2, 0.25) is 0 Å². The number of nitrogens with zero attached hydrogens (tertiary/aromatic N) is 3. The van der Waals surface area contributed by atoms with Gasteiger partial charge in [-0.25, -0.2) is 0 Å². The van der Waals surface area contributed by atoms with Crippen molar-refractivity contribution >= 4 is 17.3 Å². The topological polar surface area (TPSA) is 42.7 Å². The fourth-order valence-corrected chi connectivity index (χ4v) is 2.23. The van der Waals surface area contributed by atoms with Crippen LogP contribution < -0.4 is 5.32 Å². The van der Waals surface area contributed by atoms with Gasteiger partial charge < -0.3 is 5.32 Å². The zero-order chi connectivity index (χ0) is 14.5. The summed E-state index contributed by atoms with van der Waals surface area (Å²) >= 11 is 6.08. The molecule has 2 aromatic heterocycles. The minimum absolute atomic E-state index is 0.667. The van der Waals surface area contributed by atoms with E-state index in [0.29, 0.717) is 11.6 Å². The second-order valence-corrected chi connectivity index (χ2v) is 5.15. The van der Waals surface area contributed by atoms with Crippen LogP contribution in [0.25, 0.3) is 0 Å². The first kappa shape index (κ1) is 13.6. The Balaban J connectivity index is 1.62. The number of benzene rings is 1. The van der Waals surface area contributed by atoms with Crippen molar-refractivity contribution in [1.82, 2.24) is 14.8 Å². The molecule has 3 rings (SSSR count). The molecule has 106 valence electrons. The van der Waals surface area contributed by atoms with Crippen LogP contribution in [0.1, 0.15) is 11.1 Å². The van der Waals surface area contributed by atoms with Gasteiger partial charge in [-0.2, -0.15) is 5.10 Å². The summed E-state index contributed by atoms with van der Waals surface area (Å²) in [6.45, 7) is 1.44. The van der Waals surface area contributed by atoms with Gasteiger partial charge >= 0.3 is 0 Å². The highest BCUT2D eigenvalue weighted by Gasteiger charge is 2.02. The number of halogens is 1. The third-order valence-corrected chi connectivity index (χ3v) is 3.45. The van der Waals surface area contributed by atoms with Crippen molar-refractivity contribution in [1.29, 1.82) is 0 Å². The Hall–Kier alpha value is -2.33. The van der Waals surface area contributed by atoms with Gasteiger partial charge in [-0.1, -0.05) is 41.9 Å². The molecule has 0 spiro atoms. The molecule has 1 N–H and O–H groups in total. The predicted molar refractivity (Wildman–Crippen MR) is 84.3 cm³/mol. The highest BCUT2D eigenvalue weighted by Crippen LogP contribution is 2.19. The molecule has 5 heteroatoms. The van der Waals surface area contributed by atoms with E-state index in [1.165, 1.54) is 5.56 Å². The SMILES string of the molecule is Clc1ccncc1NCc1cnn(Cc2ccccc2)c1. The van der Waals surface area contributed by atoms with Crippen molar-refractivity contribution in [3.05, 3.63) is 77.3 Å². The van der Waals surface area contributed by atoms with Gasteiger partial charge in [0.15, 0.2) is 0 Å². The average Bonchev–Trinajstić information content (AvgIpc) is 2.95. The van der Waals surface area contributed by atoms with Crippen LogP contribution in [0.5, 0.6) is 0 Å². The molecule has 0 amide bonds. The summed E-state index contributed by atoms with van der Waals surface area (Å²) in [7, 11) is 0. The molecule has 0 aliphatic carbocycles. The average molecular weight is 299 g/mol. The summed E-state index contributed by atoms with van der Waals surface area (Å²) in [6, 6.07) is 12.0. The van der Waals surface area contributed by atoms with E-state index in [0.717, 1.165) is 17.8 Å². The molecule has 21 heavy (non-hydrogen) atoms. The monoisotopic (exact) mass is 298 g/mol. The Morgan fingerprint density at radius 1 is 1.05 bits per heavy atom. The van der Waals surface area contributed by atoms with Crippen LogP contribution in [-0.2, 0) is 13.1 Å². The molecule has 0 radical (unpaired) electrons. The van der Waals surface area contributed by atoms with E-state index >= 15 is 0 Å². The number of hydrogen-bond donors (Lipinski definition) is 1. The van der Waals surface area contributed by atoms with E-state index < -0.39 is 0 Å². The van der Waals surface area contributed by atoms with Crippen LogP contribution in [-0.4, -0.2) is 14.8 Å². The van der Waals surface area contributed by atoms with E-state index in [1.807, 2.05) is 35.3 Å². The molecule has 0 bridgehead atoms. The number of pyridine rings is 1. The first-order valence-electron chi connectivity index (χ1n) is 6.70. The maximum Gasteiger partial charge on any atom is 0.0718 e. The van der Waals surface area contributed by atoms with Crippen molar-refractivity contribution in [2.45, 2.75) is 13.1 Å². The largest absolute Gasteiger partial charge is 0.378 e. The smallest absolute Gasteiger partial charge is 0.0718 e. The summed E-state index contributed by atoms with van der Waals surface area (Å²) in [5.74, 6) is 0. The number of rotatable bonds is 5. The van der Waals surface area contributed by atoms with Gasteiger partial charge in [0, 0.05) is 24.5 Å². The van der Waals surface area contributed by atoms with Crippen molar-refractivity contribution < 1.29 is 0 Å². The fourth-order valence-electron chi connectivity index (χ4n) is 2.06. The van der Waals surface area contributed by atoms with Crippen molar-refractivity contribution in [3.8, 4) is 0 Å².